The smallest absolute Gasteiger partial charge is 0.328 e. The number of aryl methyl sites for hydroxylation is 2. The summed E-state index contributed by atoms with van der Waals surface area (Å²) in [5, 5.41) is 7.88. The highest BCUT2D eigenvalue weighted by atomic mass is 33.1. The van der Waals surface area contributed by atoms with E-state index in [2.05, 4.69) is 57.7 Å². The predicted molar refractivity (Wildman–Crippen MR) is 124 cm³/mol. The average Bonchev–Trinajstić information content (AvgIpc) is 3.06. The van der Waals surface area contributed by atoms with Crippen molar-refractivity contribution in [2.24, 2.45) is 14.1 Å². The zero-order valence-electron chi connectivity index (χ0n) is 17.1. The highest BCUT2D eigenvalue weighted by Gasteiger charge is 2.12. The molecule has 2 N–H and O–H groups in total. The molecule has 0 radical (unpaired) electrons. The van der Waals surface area contributed by atoms with Gasteiger partial charge < -0.3 is 15.5 Å². The van der Waals surface area contributed by atoms with Crippen LogP contribution in [0.25, 0.3) is 0 Å². The summed E-state index contributed by atoms with van der Waals surface area (Å²) in [6.45, 7) is 6.55. The van der Waals surface area contributed by atoms with E-state index in [9.17, 15) is 4.79 Å². The van der Waals surface area contributed by atoms with Gasteiger partial charge in [-0.1, -0.05) is 17.4 Å². The molecule has 0 saturated heterocycles. The van der Waals surface area contributed by atoms with Crippen molar-refractivity contribution in [1.82, 2.24) is 14.8 Å². The molecule has 0 saturated carbocycles. The number of hydrogen-bond acceptors (Lipinski definition) is 6. The van der Waals surface area contributed by atoms with E-state index < -0.39 is 0 Å². The molecule has 0 aliphatic rings. The second-order valence-corrected chi connectivity index (χ2v) is 8.80. The number of imidazole rings is 1. The van der Waals surface area contributed by atoms with Crippen LogP contribution in [0.15, 0.2) is 67.0 Å². The van der Waals surface area contributed by atoms with E-state index in [4.69, 9.17) is 0 Å². The minimum absolute atomic E-state index is 0.695. The van der Waals surface area contributed by atoms with E-state index in [0.717, 1.165) is 43.8 Å². The first-order chi connectivity index (χ1) is 14.1. The molecule has 1 heterocycles. The molecule has 0 unspecified atom stereocenters. The maximum atomic E-state index is 10.6. The summed E-state index contributed by atoms with van der Waals surface area (Å²) in [5.74, 6) is 0.999. The van der Waals surface area contributed by atoms with Crippen LogP contribution in [0.1, 0.15) is 16.8 Å². The van der Waals surface area contributed by atoms with Crippen LogP contribution in [-0.4, -0.2) is 41.1 Å². The highest BCUT2D eigenvalue weighted by molar-refractivity contribution is 8.76. The maximum absolute atomic E-state index is 10.6. The lowest BCUT2D eigenvalue weighted by Crippen LogP contribution is -2.28. The molecule has 0 fully saturated rings. The molecule has 0 aliphatic heterocycles. The van der Waals surface area contributed by atoms with Crippen molar-refractivity contribution >= 4 is 33.6 Å². The normalized spacial score (nSPS) is 10.8. The fourth-order valence-electron chi connectivity index (χ4n) is 2.49. The third-order valence-electron chi connectivity index (χ3n) is 4.18. The molecule has 1 aromatic heterocycles. The summed E-state index contributed by atoms with van der Waals surface area (Å²) in [4.78, 5) is 12.7. The van der Waals surface area contributed by atoms with Gasteiger partial charge in [0.15, 0.2) is 0 Å². The van der Waals surface area contributed by atoms with Crippen LogP contribution in [-0.2, 0) is 14.1 Å². The van der Waals surface area contributed by atoms with Crippen LogP contribution in [0.5, 0.6) is 0 Å². The van der Waals surface area contributed by atoms with Gasteiger partial charge in [-0.3, -0.25) is 4.79 Å². The minimum atomic E-state index is 0.695. The Morgan fingerprint density at radius 3 is 2.72 bits per heavy atom. The molecule has 0 bridgehead atoms. The fraction of sp³-hybridized carbons (Fsp3) is 0.333. The standard InChI is InChI=1S/C21H29N5OS2/c1-4-26(16-17-28-29-21-24(2)14-15-25(21)3)13-12-22-10-5-11-23-20-8-6-19(18-27)7-9-20/h4,6-9,12-15,18,22H,1,5,10-11,16-17H2,2-3H3/p+1/b13-12-. The van der Waals surface area contributed by atoms with E-state index >= 15 is 0 Å². The molecule has 2 aromatic rings. The number of nitrogens with zero attached hydrogens (tertiary/aromatic N) is 3. The zero-order valence-corrected chi connectivity index (χ0v) is 18.7. The van der Waals surface area contributed by atoms with Crippen molar-refractivity contribution in [2.75, 3.05) is 30.7 Å². The van der Waals surface area contributed by atoms with Crippen molar-refractivity contribution in [3.63, 3.8) is 0 Å². The SMILES string of the molecule is C=CN(/C=C\NCCCNc1ccc(C=O)cc1)CCSSc1n(C)cc[n+]1C. The Labute approximate surface area is 181 Å². The highest BCUT2D eigenvalue weighted by Crippen LogP contribution is 2.27. The summed E-state index contributed by atoms with van der Waals surface area (Å²) >= 11 is 0. The van der Waals surface area contributed by atoms with Crippen LogP contribution >= 0.6 is 21.6 Å². The quantitative estimate of drug-likeness (QED) is 0.207. The number of aldehydes is 1. The first kappa shape index (κ1) is 23.0. The van der Waals surface area contributed by atoms with Gasteiger partial charge in [0.1, 0.15) is 18.7 Å². The van der Waals surface area contributed by atoms with Crippen LogP contribution < -0.4 is 15.2 Å². The average molecular weight is 433 g/mol. The Bertz CT molecular complexity index is 769. The molecule has 0 spiro atoms. The van der Waals surface area contributed by atoms with Gasteiger partial charge in [-0.05, 0) is 36.9 Å². The summed E-state index contributed by atoms with van der Waals surface area (Å²) < 4.78 is 4.25. The summed E-state index contributed by atoms with van der Waals surface area (Å²) in [7, 11) is 7.75. The van der Waals surface area contributed by atoms with Crippen molar-refractivity contribution in [2.45, 2.75) is 11.6 Å². The number of carbonyl (C=O) groups is 1. The predicted octanol–water partition coefficient (Wildman–Crippen LogP) is 3.41. The van der Waals surface area contributed by atoms with Gasteiger partial charge >= 0.3 is 5.16 Å². The van der Waals surface area contributed by atoms with Gasteiger partial charge in [0, 0.05) is 59.8 Å². The van der Waals surface area contributed by atoms with Crippen LogP contribution in [0, 0.1) is 0 Å². The summed E-state index contributed by atoms with van der Waals surface area (Å²) in [6, 6.07) is 7.48. The molecule has 29 heavy (non-hydrogen) atoms. The number of nitrogens with one attached hydrogen (secondary N) is 2. The minimum Gasteiger partial charge on any atom is -0.390 e. The van der Waals surface area contributed by atoms with E-state index in [1.165, 1.54) is 5.16 Å². The lowest BCUT2D eigenvalue weighted by Gasteiger charge is -2.14. The van der Waals surface area contributed by atoms with Gasteiger partial charge in [-0.2, -0.15) is 0 Å². The Balaban J connectivity index is 1.55. The number of carbonyl (C=O) groups excluding carboxylic acids is 1. The van der Waals surface area contributed by atoms with Crippen molar-refractivity contribution < 1.29 is 9.36 Å². The van der Waals surface area contributed by atoms with Crippen molar-refractivity contribution in [3.8, 4) is 0 Å². The van der Waals surface area contributed by atoms with E-state index in [1.54, 1.807) is 10.8 Å². The molecule has 0 aliphatic carbocycles. The Morgan fingerprint density at radius 2 is 2.07 bits per heavy atom. The van der Waals surface area contributed by atoms with Gasteiger partial charge in [-0.15, -0.1) is 0 Å². The second-order valence-electron chi connectivity index (χ2n) is 6.42. The van der Waals surface area contributed by atoms with Gasteiger partial charge in [0.05, 0.1) is 14.1 Å². The van der Waals surface area contributed by atoms with Crippen molar-refractivity contribution in [1.29, 1.82) is 0 Å². The first-order valence-electron chi connectivity index (χ1n) is 9.52. The third-order valence-corrected chi connectivity index (χ3v) is 6.67. The molecule has 0 amide bonds. The molecule has 1 aromatic carbocycles. The van der Waals surface area contributed by atoms with E-state index in [1.807, 2.05) is 53.7 Å². The molecule has 156 valence electrons. The lowest BCUT2D eigenvalue weighted by atomic mass is 10.2. The van der Waals surface area contributed by atoms with Crippen LogP contribution in [0.2, 0.25) is 0 Å². The maximum Gasteiger partial charge on any atom is 0.328 e. The van der Waals surface area contributed by atoms with E-state index in [0.29, 0.717) is 5.56 Å². The number of benzene rings is 1. The molecular weight excluding hydrogens is 402 g/mol. The number of anilines is 1. The Kier molecular flexibility index (Phi) is 10.3. The first-order valence-corrected chi connectivity index (χ1v) is 11.8. The fourth-order valence-corrected chi connectivity index (χ4v) is 4.82. The Morgan fingerprint density at radius 1 is 1.28 bits per heavy atom. The summed E-state index contributed by atoms with van der Waals surface area (Å²) in [6.07, 6.45) is 11.8. The van der Waals surface area contributed by atoms with Gasteiger partial charge in [0.2, 0.25) is 0 Å². The largest absolute Gasteiger partial charge is 0.390 e. The van der Waals surface area contributed by atoms with Gasteiger partial charge in [-0.25, -0.2) is 9.13 Å². The van der Waals surface area contributed by atoms with Gasteiger partial charge in [0.25, 0.3) is 0 Å². The monoisotopic (exact) mass is 432 g/mol. The Hall–Kier alpha value is -2.32. The second kappa shape index (κ2) is 13.0. The number of hydrogen-bond donors (Lipinski definition) is 2. The molecule has 2 rings (SSSR count). The molecular formula is C21H30N5OS2+. The molecule has 8 heteroatoms. The van der Waals surface area contributed by atoms with Crippen LogP contribution in [0.3, 0.4) is 0 Å². The van der Waals surface area contributed by atoms with E-state index in [-0.39, 0.29) is 0 Å². The molecule has 0 atom stereocenters. The lowest BCUT2D eigenvalue weighted by molar-refractivity contribution is -0.709. The zero-order chi connectivity index (χ0) is 20.9. The summed E-state index contributed by atoms with van der Waals surface area (Å²) in [5.41, 5.74) is 1.73. The third kappa shape index (κ3) is 8.29. The van der Waals surface area contributed by atoms with Crippen LogP contribution in [0.4, 0.5) is 5.69 Å². The molecule has 6 nitrogen and oxygen atoms in total. The number of rotatable bonds is 14. The topological polar surface area (TPSA) is 53.2 Å². The van der Waals surface area contributed by atoms with Crippen molar-refractivity contribution in [3.05, 3.63) is 67.4 Å². The number of aromatic nitrogens is 2.